The predicted octanol–water partition coefficient (Wildman–Crippen LogP) is 5.11. The van der Waals surface area contributed by atoms with Crippen LogP contribution in [0.4, 0.5) is 0 Å². The Bertz CT molecular complexity index is 871. The first-order valence-electron chi connectivity index (χ1n) is 6.70. The first-order chi connectivity index (χ1) is 12.2. The molecule has 11 heteroatoms. The Balaban J connectivity index is 1.99. The van der Waals surface area contributed by atoms with Gasteiger partial charge < -0.3 is 14.9 Å². The summed E-state index contributed by atoms with van der Waals surface area (Å²) in [7, 11) is 0. The number of hydrogen-bond acceptors (Lipinski definition) is 5. The molecule has 0 aliphatic carbocycles. The molecular weight excluding hydrogens is 538 g/mol. The van der Waals surface area contributed by atoms with Gasteiger partial charge in [-0.15, -0.1) is 0 Å². The molecule has 0 aromatic heterocycles. The van der Waals surface area contributed by atoms with Gasteiger partial charge in [0.05, 0.1) is 25.2 Å². The molecule has 0 unspecified atom stereocenters. The minimum atomic E-state index is -0.568. The molecule has 6 nitrogen and oxygen atoms in total. The molecule has 1 amide bonds. The van der Waals surface area contributed by atoms with Crippen molar-refractivity contribution in [3.63, 3.8) is 0 Å². The smallest absolute Gasteiger partial charge is 0.277 e. The van der Waals surface area contributed by atoms with E-state index >= 15 is 0 Å². The monoisotopic (exact) mass is 544 g/mol. The third-order valence-electron chi connectivity index (χ3n) is 2.90. The number of phenolic OH excluding ortho intramolecular Hbond substituents is 2. The van der Waals surface area contributed by atoms with E-state index in [2.05, 4.69) is 42.4 Å². The molecule has 0 atom stereocenters. The van der Waals surface area contributed by atoms with E-state index in [9.17, 15) is 15.0 Å². The predicted molar refractivity (Wildman–Crippen MR) is 108 cm³/mol. The maximum absolute atomic E-state index is 11.8. The van der Waals surface area contributed by atoms with Gasteiger partial charge in [-0.2, -0.15) is 5.10 Å². The van der Waals surface area contributed by atoms with Crippen LogP contribution in [0.2, 0.25) is 15.1 Å². The number of hydrogen-bond donors (Lipinski definition) is 3. The Kier molecular flexibility index (Phi) is 7.42. The van der Waals surface area contributed by atoms with Gasteiger partial charge in [-0.1, -0.05) is 34.8 Å². The Labute approximate surface area is 180 Å². The van der Waals surface area contributed by atoms with Crippen molar-refractivity contribution in [3.05, 3.63) is 47.8 Å². The molecule has 0 heterocycles. The number of carbonyl (C=O) groups is 1. The second kappa shape index (κ2) is 9.14. The molecule has 2 aromatic rings. The number of aromatic hydroxyl groups is 2. The zero-order valence-electron chi connectivity index (χ0n) is 12.6. The second-order valence-electron chi connectivity index (χ2n) is 4.74. The summed E-state index contributed by atoms with van der Waals surface area (Å²) in [6, 6.07) is 4.37. The number of ether oxygens (including phenoxy) is 1. The first-order valence-corrected chi connectivity index (χ1v) is 9.42. The largest absolute Gasteiger partial charge is 0.503 e. The molecule has 2 aromatic carbocycles. The van der Waals surface area contributed by atoms with Crippen molar-refractivity contribution in [3.8, 4) is 17.2 Å². The van der Waals surface area contributed by atoms with Crippen LogP contribution in [0.5, 0.6) is 17.2 Å². The van der Waals surface area contributed by atoms with E-state index < -0.39 is 5.91 Å². The molecular formula is C15H9Br2Cl3N2O4. The molecule has 0 bridgehead atoms. The van der Waals surface area contributed by atoms with E-state index in [1.54, 1.807) is 0 Å². The average Bonchev–Trinajstić information content (AvgIpc) is 2.56. The van der Waals surface area contributed by atoms with Crippen LogP contribution in [0.1, 0.15) is 5.56 Å². The van der Waals surface area contributed by atoms with Crippen LogP contribution in [0.15, 0.2) is 32.2 Å². The molecule has 0 saturated heterocycles. The maximum Gasteiger partial charge on any atom is 0.277 e. The van der Waals surface area contributed by atoms with Gasteiger partial charge in [0.1, 0.15) is 0 Å². The van der Waals surface area contributed by atoms with Crippen LogP contribution in [0.3, 0.4) is 0 Å². The maximum atomic E-state index is 11.8. The first kappa shape index (κ1) is 21.1. The highest BCUT2D eigenvalue weighted by atomic mass is 79.9. The molecule has 0 aliphatic heterocycles. The standard InChI is InChI=1S/C15H9Br2Cl3N2O4/c16-8-1-6(12(17)14(25)13(8)24)4-21-22-11(23)5-26-15-9(19)2-7(18)3-10(15)20/h1-4,24-25H,5H2,(H,22,23)/b21-4+. The number of hydrazone groups is 1. The normalized spacial score (nSPS) is 11.0. The topological polar surface area (TPSA) is 91.2 Å². The Morgan fingerprint density at radius 2 is 1.77 bits per heavy atom. The Morgan fingerprint density at radius 1 is 1.15 bits per heavy atom. The fourth-order valence-electron chi connectivity index (χ4n) is 1.73. The minimum Gasteiger partial charge on any atom is -0.503 e. The summed E-state index contributed by atoms with van der Waals surface area (Å²) in [6.07, 6.45) is 1.27. The highest BCUT2D eigenvalue weighted by molar-refractivity contribution is 9.11. The lowest BCUT2D eigenvalue weighted by Crippen LogP contribution is -2.24. The molecule has 0 radical (unpaired) electrons. The van der Waals surface area contributed by atoms with Gasteiger partial charge in [0.25, 0.3) is 5.91 Å². The van der Waals surface area contributed by atoms with Crippen molar-refractivity contribution < 1.29 is 19.7 Å². The lowest BCUT2D eigenvalue weighted by molar-refractivity contribution is -0.123. The van der Waals surface area contributed by atoms with E-state index in [1.165, 1.54) is 24.4 Å². The quantitative estimate of drug-likeness (QED) is 0.276. The summed E-state index contributed by atoms with van der Waals surface area (Å²) in [5.74, 6) is -1.11. The van der Waals surface area contributed by atoms with Gasteiger partial charge in [0, 0.05) is 10.6 Å². The molecule has 0 fully saturated rings. The number of phenols is 2. The van der Waals surface area contributed by atoms with Gasteiger partial charge in [0.2, 0.25) is 0 Å². The van der Waals surface area contributed by atoms with E-state index in [0.717, 1.165) is 0 Å². The second-order valence-corrected chi connectivity index (χ2v) is 7.64. The number of rotatable bonds is 5. The van der Waals surface area contributed by atoms with Crippen molar-refractivity contribution in [1.82, 2.24) is 5.43 Å². The number of nitrogens with one attached hydrogen (secondary N) is 1. The lowest BCUT2D eigenvalue weighted by atomic mass is 10.2. The molecule has 3 N–H and O–H groups in total. The fourth-order valence-corrected chi connectivity index (χ4v) is 3.49. The number of benzene rings is 2. The van der Waals surface area contributed by atoms with Gasteiger partial charge in [-0.25, -0.2) is 5.43 Å². The van der Waals surface area contributed by atoms with Crippen LogP contribution in [-0.2, 0) is 4.79 Å². The van der Waals surface area contributed by atoms with Gasteiger partial charge >= 0.3 is 0 Å². The van der Waals surface area contributed by atoms with Crippen molar-refractivity contribution in [1.29, 1.82) is 0 Å². The average molecular weight is 547 g/mol. The summed E-state index contributed by atoms with van der Waals surface area (Å²) in [4.78, 5) is 11.8. The highest BCUT2D eigenvalue weighted by Crippen LogP contribution is 2.41. The number of carbonyl (C=O) groups excluding carboxylic acids is 1. The lowest BCUT2D eigenvalue weighted by Gasteiger charge is -2.09. The van der Waals surface area contributed by atoms with Crippen molar-refractivity contribution >= 4 is 78.8 Å². The molecule has 138 valence electrons. The fraction of sp³-hybridized carbons (Fsp3) is 0.0667. The molecule has 0 saturated carbocycles. The third kappa shape index (κ3) is 5.17. The van der Waals surface area contributed by atoms with Gasteiger partial charge in [-0.05, 0) is 50.1 Å². The summed E-state index contributed by atoms with van der Waals surface area (Å²) >= 11 is 23.9. The van der Waals surface area contributed by atoms with E-state index in [0.29, 0.717) is 10.6 Å². The van der Waals surface area contributed by atoms with Crippen LogP contribution in [-0.4, -0.2) is 28.9 Å². The van der Waals surface area contributed by atoms with E-state index in [-0.39, 0.29) is 42.8 Å². The van der Waals surface area contributed by atoms with Crippen LogP contribution < -0.4 is 10.2 Å². The van der Waals surface area contributed by atoms with E-state index in [1.807, 2.05) is 0 Å². The molecule has 2 rings (SSSR count). The van der Waals surface area contributed by atoms with Crippen molar-refractivity contribution in [2.75, 3.05) is 6.61 Å². The van der Waals surface area contributed by atoms with Crippen LogP contribution in [0.25, 0.3) is 0 Å². The Morgan fingerprint density at radius 3 is 2.38 bits per heavy atom. The van der Waals surface area contributed by atoms with Crippen LogP contribution >= 0.6 is 66.7 Å². The summed E-state index contributed by atoms with van der Waals surface area (Å²) in [5, 5.41) is 23.7. The number of nitrogens with zero attached hydrogens (tertiary/aromatic N) is 1. The summed E-state index contributed by atoms with van der Waals surface area (Å²) < 4.78 is 5.75. The summed E-state index contributed by atoms with van der Waals surface area (Å²) in [6.45, 7) is -0.385. The molecule has 0 spiro atoms. The molecule has 0 aliphatic rings. The highest BCUT2D eigenvalue weighted by Gasteiger charge is 2.13. The third-order valence-corrected chi connectivity index (χ3v) is 5.12. The van der Waals surface area contributed by atoms with E-state index in [4.69, 9.17) is 39.5 Å². The minimum absolute atomic E-state index is 0.131. The zero-order chi connectivity index (χ0) is 19.4. The zero-order valence-corrected chi connectivity index (χ0v) is 18.0. The molecule has 26 heavy (non-hydrogen) atoms. The SMILES string of the molecule is O=C(COc1c(Cl)cc(Cl)cc1Cl)N/N=C/c1cc(Br)c(O)c(O)c1Br. The van der Waals surface area contributed by atoms with Gasteiger partial charge in [-0.3, -0.25) is 4.79 Å². The Hall–Kier alpha value is -1.19. The van der Waals surface area contributed by atoms with Crippen molar-refractivity contribution in [2.24, 2.45) is 5.10 Å². The van der Waals surface area contributed by atoms with Crippen molar-refractivity contribution in [2.45, 2.75) is 0 Å². The number of halogens is 5. The van der Waals surface area contributed by atoms with Gasteiger partial charge in [0.15, 0.2) is 23.9 Å². The number of amides is 1. The summed E-state index contributed by atoms with van der Waals surface area (Å²) in [5.41, 5.74) is 2.66. The van der Waals surface area contributed by atoms with Crippen LogP contribution in [0, 0.1) is 0 Å².